The fourth-order valence-corrected chi connectivity index (χ4v) is 13.4. The molecule has 17 nitrogen and oxygen atoms in total. The average Bonchev–Trinajstić information content (AvgIpc) is 1.56. The zero-order valence-electron chi connectivity index (χ0n) is 62.7. The number of ether oxygens (including phenoxy) is 4. The van der Waals surface area contributed by atoms with Crippen LogP contribution in [0.4, 0.5) is 0 Å². The number of phosphoric acid groups is 2. The number of unbranched alkanes of at least 4 members (excludes halogenated alkanes) is 45. The number of carbonyl (C=O) groups is 4. The minimum Gasteiger partial charge on any atom is -0.462 e. The molecule has 6 atom stereocenters. The Morgan fingerprint density at radius 2 is 0.531 bits per heavy atom. The van der Waals surface area contributed by atoms with Crippen LogP contribution in [0.5, 0.6) is 0 Å². The molecule has 0 saturated heterocycles. The van der Waals surface area contributed by atoms with Crippen LogP contribution in [0.25, 0.3) is 0 Å². The fraction of sp³-hybridized carbons (Fsp3) is 0.948. The van der Waals surface area contributed by atoms with Gasteiger partial charge in [0.2, 0.25) is 0 Å². The van der Waals surface area contributed by atoms with Crippen molar-refractivity contribution in [1.29, 1.82) is 0 Å². The van der Waals surface area contributed by atoms with Crippen LogP contribution in [0.15, 0.2) is 0 Å². The smallest absolute Gasteiger partial charge is 0.462 e. The van der Waals surface area contributed by atoms with E-state index in [9.17, 15) is 43.2 Å². The Hall–Kier alpha value is -1.94. The van der Waals surface area contributed by atoms with Gasteiger partial charge in [0.1, 0.15) is 19.3 Å². The second kappa shape index (κ2) is 68.8. The van der Waals surface area contributed by atoms with Crippen molar-refractivity contribution in [2.24, 2.45) is 11.8 Å². The van der Waals surface area contributed by atoms with Crippen molar-refractivity contribution in [3.63, 3.8) is 0 Å². The summed E-state index contributed by atoms with van der Waals surface area (Å²) in [6, 6.07) is 0. The van der Waals surface area contributed by atoms with Gasteiger partial charge in [0.05, 0.1) is 26.4 Å². The Labute approximate surface area is 588 Å². The summed E-state index contributed by atoms with van der Waals surface area (Å²) in [6.07, 6.45) is 57.1. The van der Waals surface area contributed by atoms with E-state index in [1.165, 1.54) is 218 Å². The van der Waals surface area contributed by atoms with E-state index in [1.807, 2.05) is 0 Å². The predicted octanol–water partition coefficient (Wildman–Crippen LogP) is 22.7. The molecule has 0 spiro atoms. The van der Waals surface area contributed by atoms with E-state index in [1.54, 1.807) is 0 Å². The van der Waals surface area contributed by atoms with Crippen molar-refractivity contribution >= 4 is 39.5 Å². The van der Waals surface area contributed by atoms with E-state index in [0.717, 1.165) is 102 Å². The molecule has 0 aromatic rings. The third kappa shape index (κ3) is 69.2. The van der Waals surface area contributed by atoms with Crippen LogP contribution in [-0.4, -0.2) is 96.7 Å². The summed E-state index contributed by atoms with van der Waals surface area (Å²) in [6.45, 7) is 9.56. The normalized spacial score (nSPS) is 14.3. The summed E-state index contributed by atoms with van der Waals surface area (Å²) in [5.74, 6) is -0.599. The maximum atomic E-state index is 13.1. The van der Waals surface area contributed by atoms with Crippen LogP contribution < -0.4 is 0 Å². The van der Waals surface area contributed by atoms with Crippen molar-refractivity contribution in [3.8, 4) is 0 Å². The van der Waals surface area contributed by atoms with E-state index in [0.29, 0.717) is 25.7 Å². The number of esters is 4. The zero-order chi connectivity index (χ0) is 70.7. The van der Waals surface area contributed by atoms with Gasteiger partial charge in [-0.05, 0) is 37.5 Å². The lowest BCUT2D eigenvalue weighted by atomic mass is 10.00. The van der Waals surface area contributed by atoms with Gasteiger partial charge in [-0.15, -0.1) is 0 Å². The van der Waals surface area contributed by atoms with Crippen molar-refractivity contribution in [3.05, 3.63) is 0 Å². The monoisotopic (exact) mass is 1410 g/mol. The highest BCUT2D eigenvalue weighted by atomic mass is 31.2. The van der Waals surface area contributed by atoms with Gasteiger partial charge < -0.3 is 33.8 Å². The molecule has 0 amide bonds. The molecule has 19 heteroatoms. The van der Waals surface area contributed by atoms with Crippen LogP contribution in [0.3, 0.4) is 0 Å². The van der Waals surface area contributed by atoms with E-state index < -0.39 is 97.5 Å². The number of aliphatic hydroxyl groups is 1. The Morgan fingerprint density at radius 1 is 0.302 bits per heavy atom. The standard InChI is InChI=1S/C77H150O17P2/c1-7-10-12-14-16-18-19-20-21-22-23-24-25-26-31-34-38-42-49-55-61-76(81)93-72(65-88-75(80)60-54-48-41-37-33-30-28-27-29-32-36-39-45-51-57-69(4)5)67-91-95(83,84)89-63-71(78)64-90-96(85,86)92-68-73(66-87-74(79)59-53-47-40-35-17-15-13-11-8-2)94-77(82)62-56-50-44-43-46-52-58-70(6)9-3/h69-73,78H,7-68H2,1-6H3,(H,83,84)(H,85,86)/t70?,71-,72-,73-/m1/s1. The number of aliphatic hydroxyl groups excluding tert-OH is 1. The molecule has 3 N–H and O–H groups in total. The number of hydrogen-bond acceptors (Lipinski definition) is 15. The van der Waals surface area contributed by atoms with Gasteiger partial charge in [-0.3, -0.25) is 37.3 Å². The quantitative estimate of drug-likeness (QED) is 0.0222. The molecule has 0 radical (unpaired) electrons. The molecule has 0 saturated carbocycles. The highest BCUT2D eigenvalue weighted by Gasteiger charge is 2.30. The first-order chi connectivity index (χ1) is 46.4. The van der Waals surface area contributed by atoms with Gasteiger partial charge in [-0.25, -0.2) is 9.13 Å². The maximum Gasteiger partial charge on any atom is 0.472 e. The molecule has 0 aliphatic carbocycles. The lowest BCUT2D eigenvalue weighted by Gasteiger charge is -2.21. The molecule has 0 aliphatic rings. The topological polar surface area (TPSA) is 237 Å². The highest BCUT2D eigenvalue weighted by Crippen LogP contribution is 2.45. The fourth-order valence-electron chi connectivity index (χ4n) is 11.8. The van der Waals surface area contributed by atoms with Crippen molar-refractivity contribution < 1.29 is 80.2 Å². The van der Waals surface area contributed by atoms with E-state index >= 15 is 0 Å². The van der Waals surface area contributed by atoms with Crippen LogP contribution in [0, 0.1) is 11.8 Å². The summed E-state index contributed by atoms with van der Waals surface area (Å²) in [4.78, 5) is 72.7. The Bertz CT molecular complexity index is 1860. The molecule has 3 unspecified atom stereocenters. The molecular formula is C77H150O17P2. The Morgan fingerprint density at radius 3 is 0.792 bits per heavy atom. The van der Waals surface area contributed by atoms with Gasteiger partial charge in [-0.1, -0.05) is 350 Å². The minimum atomic E-state index is -4.96. The summed E-state index contributed by atoms with van der Waals surface area (Å²) in [5, 5.41) is 10.6. The first kappa shape index (κ1) is 94.1. The van der Waals surface area contributed by atoms with Crippen LogP contribution >= 0.6 is 15.6 Å². The Kier molecular flexibility index (Phi) is 67.4. The van der Waals surface area contributed by atoms with Crippen molar-refractivity contribution in [1.82, 2.24) is 0 Å². The second-order valence-electron chi connectivity index (χ2n) is 28.5. The number of rotatable bonds is 76. The van der Waals surface area contributed by atoms with Crippen molar-refractivity contribution in [2.75, 3.05) is 39.6 Å². The largest absolute Gasteiger partial charge is 0.472 e. The molecule has 0 fully saturated rings. The van der Waals surface area contributed by atoms with Crippen LogP contribution in [0.2, 0.25) is 0 Å². The minimum absolute atomic E-state index is 0.103. The van der Waals surface area contributed by atoms with Crippen LogP contribution in [-0.2, 0) is 65.4 Å². The van der Waals surface area contributed by atoms with Crippen LogP contribution in [0.1, 0.15) is 401 Å². The first-order valence-electron chi connectivity index (χ1n) is 40.0. The molecule has 0 aromatic carbocycles. The van der Waals surface area contributed by atoms with Gasteiger partial charge in [0, 0.05) is 25.7 Å². The average molecular weight is 1410 g/mol. The van der Waals surface area contributed by atoms with Gasteiger partial charge in [0.15, 0.2) is 12.2 Å². The summed E-state index contributed by atoms with van der Waals surface area (Å²) < 4.78 is 68.5. The third-order valence-corrected chi connectivity index (χ3v) is 20.2. The van der Waals surface area contributed by atoms with E-state index in [-0.39, 0.29) is 25.7 Å². The molecule has 96 heavy (non-hydrogen) atoms. The summed E-state index contributed by atoms with van der Waals surface area (Å²) >= 11 is 0. The number of phosphoric ester groups is 2. The van der Waals surface area contributed by atoms with Gasteiger partial charge in [0.25, 0.3) is 0 Å². The van der Waals surface area contributed by atoms with Gasteiger partial charge in [-0.2, -0.15) is 0 Å². The molecule has 0 aromatic heterocycles. The molecule has 0 bridgehead atoms. The summed E-state index contributed by atoms with van der Waals surface area (Å²) in [7, 11) is -9.91. The number of hydrogen-bond donors (Lipinski definition) is 3. The third-order valence-electron chi connectivity index (χ3n) is 18.3. The first-order valence-corrected chi connectivity index (χ1v) is 43.0. The molecule has 0 aliphatic heterocycles. The SMILES string of the molecule is CCCCCCCCCCCCCCCCCCCCCCC(=O)O[C@H](COC(=O)CCCCCCCCCCCCCCCCC(C)C)COP(=O)(O)OC[C@@H](O)COP(=O)(O)OC[C@@H](COC(=O)CCCCCCCCCCC)OC(=O)CCCCCCCCC(C)CC. The van der Waals surface area contributed by atoms with Gasteiger partial charge >= 0.3 is 39.5 Å². The Balaban J connectivity index is 5.20. The number of carbonyl (C=O) groups excluding carboxylic acids is 4. The summed E-state index contributed by atoms with van der Waals surface area (Å²) in [5.41, 5.74) is 0. The predicted molar refractivity (Wildman–Crippen MR) is 391 cm³/mol. The van der Waals surface area contributed by atoms with E-state index in [2.05, 4.69) is 41.5 Å². The maximum absolute atomic E-state index is 13.1. The highest BCUT2D eigenvalue weighted by molar-refractivity contribution is 7.47. The second-order valence-corrected chi connectivity index (χ2v) is 31.4. The lowest BCUT2D eigenvalue weighted by Crippen LogP contribution is -2.30. The zero-order valence-corrected chi connectivity index (χ0v) is 64.5. The molecular weight excluding hydrogens is 1260 g/mol. The molecule has 570 valence electrons. The lowest BCUT2D eigenvalue weighted by molar-refractivity contribution is -0.161. The van der Waals surface area contributed by atoms with Crippen molar-refractivity contribution in [2.45, 2.75) is 419 Å². The molecule has 0 heterocycles. The molecule has 0 rings (SSSR count). The van der Waals surface area contributed by atoms with E-state index in [4.69, 9.17) is 37.0 Å².